The maximum Gasteiger partial charge on any atom is 0.573 e. The Hall–Kier alpha value is -3.77. The van der Waals surface area contributed by atoms with Crippen molar-refractivity contribution in [3.63, 3.8) is 0 Å². The number of carbonyl (C=O) groups excluding carboxylic acids is 4. The highest BCUT2D eigenvalue weighted by molar-refractivity contribution is 6.53. The quantitative estimate of drug-likeness (QED) is 0.281. The fourth-order valence-electron chi connectivity index (χ4n) is 7.24. The lowest BCUT2D eigenvalue weighted by atomic mass is 9.56. The van der Waals surface area contributed by atoms with E-state index in [2.05, 4.69) is 4.74 Å². The molecular formula is C30H25Cl2F3N2O7. The lowest BCUT2D eigenvalue weighted by molar-refractivity contribution is -0.274. The molecule has 6 atom stereocenters. The molecule has 2 heterocycles. The van der Waals surface area contributed by atoms with Gasteiger partial charge in [0.05, 0.1) is 11.8 Å². The molecule has 4 amide bonds. The van der Waals surface area contributed by atoms with E-state index in [4.69, 9.17) is 23.2 Å². The second-order valence-electron chi connectivity index (χ2n) is 11.5. The van der Waals surface area contributed by atoms with Crippen LogP contribution in [0.2, 0.25) is 0 Å². The average molecular weight is 653 g/mol. The highest BCUT2D eigenvalue weighted by Gasteiger charge is 2.76. The Morgan fingerprint density at radius 2 is 1.66 bits per heavy atom. The Morgan fingerprint density at radius 3 is 2.32 bits per heavy atom. The smallest absolute Gasteiger partial charge is 0.508 e. The van der Waals surface area contributed by atoms with Crippen LogP contribution in [0.4, 0.5) is 13.2 Å². The number of hydrogen-bond donors (Lipinski definition) is 2. The van der Waals surface area contributed by atoms with E-state index in [9.17, 15) is 42.6 Å². The molecule has 1 saturated carbocycles. The minimum Gasteiger partial charge on any atom is -0.508 e. The highest BCUT2D eigenvalue weighted by Crippen LogP contribution is 2.66. The van der Waals surface area contributed by atoms with Crippen LogP contribution in [0.3, 0.4) is 0 Å². The minimum atomic E-state index is -5.07. The van der Waals surface area contributed by atoms with Gasteiger partial charge in [0.15, 0.2) is 9.75 Å². The highest BCUT2D eigenvalue weighted by atomic mass is 35.5. The van der Waals surface area contributed by atoms with E-state index < -0.39 is 74.9 Å². The SMILES string of the molecule is CN1C(=O)C2(Cl)CC3C(=CCC4C(=O)N(CCc5ccc(O)cc5)C(=O)C43)C(c3cc(OC(F)(F)F)ccc3O)C2(Cl)C1=O. The van der Waals surface area contributed by atoms with Gasteiger partial charge in [-0.25, -0.2) is 0 Å². The first-order chi connectivity index (χ1) is 20.6. The molecule has 6 unspecified atom stereocenters. The Bertz CT molecular complexity index is 1630. The number of phenolic OH excluding ortho intramolecular Hbond substituents is 2. The Labute approximate surface area is 258 Å². The summed E-state index contributed by atoms with van der Waals surface area (Å²) in [5.41, 5.74) is 0.838. The first-order valence-electron chi connectivity index (χ1n) is 13.7. The van der Waals surface area contributed by atoms with E-state index in [0.717, 1.165) is 33.6 Å². The molecule has 14 heteroatoms. The molecule has 0 aromatic heterocycles. The number of phenols is 2. The van der Waals surface area contributed by atoms with Crippen molar-refractivity contribution in [3.05, 3.63) is 65.2 Å². The fourth-order valence-corrected chi connectivity index (χ4v) is 8.25. The zero-order valence-electron chi connectivity index (χ0n) is 23.0. The van der Waals surface area contributed by atoms with Gasteiger partial charge in [0.1, 0.15) is 17.2 Å². The van der Waals surface area contributed by atoms with Gasteiger partial charge in [-0.2, -0.15) is 0 Å². The normalized spacial score (nSPS) is 31.5. The second-order valence-corrected chi connectivity index (χ2v) is 12.8. The summed E-state index contributed by atoms with van der Waals surface area (Å²) in [6.07, 6.45) is -3.41. The third-order valence-electron chi connectivity index (χ3n) is 9.21. The van der Waals surface area contributed by atoms with Gasteiger partial charge in [-0.05, 0) is 61.1 Å². The van der Waals surface area contributed by atoms with Crippen molar-refractivity contribution >= 4 is 46.8 Å². The largest absolute Gasteiger partial charge is 0.573 e. The third kappa shape index (κ3) is 4.36. The number of halogens is 5. The molecule has 4 aliphatic rings. The number of ether oxygens (including phenoxy) is 1. The summed E-state index contributed by atoms with van der Waals surface area (Å²) in [5, 5.41) is 20.5. The van der Waals surface area contributed by atoms with Crippen LogP contribution in [-0.2, 0) is 25.6 Å². The van der Waals surface area contributed by atoms with Crippen LogP contribution >= 0.6 is 23.2 Å². The fraction of sp³-hybridized carbons (Fsp3) is 0.400. The van der Waals surface area contributed by atoms with Crippen molar-refractivity contribution in [2.45, 2.75) is 41.3 Å². The number of imide groups is 2. The molecule has 2 aliphatic carbocycles. The Morgan fingerprint density at radius 1 is 0.977 bits per heavy atom. The molecule has 6 rings (SSSR count). The van der Waals surface area contributed by atoms with Gasteiger partial charge in [0.2, 0.25) is 11.8 Å². The van der Waals surface area contributed by atoms with Crippen LogP contribution < -0.4 is 4.74 Å². The molecule has 3 fully saturated rings. The Balaban J connectivity index is 1.43. The number of hydrogen-bond acceptors (Lipinski definition) is 7. The van der Waals surface area contributed by atoms with Gasteiger partial charge >= 0.3 is 6.36 Å². The molecule has 0 bridgehead atoms. The summed E-state index contributed by atoms with van der Waals surface area (Å²) < 4.78 is 43.4. The first kappa shape index (κ1) is 30.3. The topological polar surface area (TPSA) is 124 Å². The van der Waals surface area contributed by atoms with Crippen molar-refractivity contribution in [2.75, 3.05) is 13.6 Å². The predicted octanol–water partition coefficient (Wildman–Crippen LogP) is 4.23. The summed E-state index contributed by atoms with van der Waals surface area (Å²) >= 11 is 14.0. The molecule has 2 aromatic rings. The van der Waals surface area contributed by atoms with Crippen molar-refractivity contribution in [3.8, 4) is 17.2 Å². The van der Waals surface area contributed by atoms with Crippen LogP contribution in [-0.4, -0.2) is 73.3 Å². The summed E-state index contributed by atoms with van der Waals surface area (Å²) in [5.74, 6) is -8.07. The number of alkyl halides is 5. The van der Waals surface area contributed by atoms with Crippen molar-refractivity contribution < 1.29 is 47.3 Å². The summed E-state index contributed by atoms with van der Waals surface area (Å²) in [6.45, 7) is 0.0458. The number of benzene rings is 2. The van der Waals surface area contributed by atoms with Crippen LogP contribution in [0.1, 0.15) is 29.9 Å². The van der Waals surface area contributed by atoms with Crippen LogP contribution in [0, 0.1) is 17.8 Å². The molecule has 232 valence electrons. The van der Waals surface area contributed by atoms with Gasteiger partial charge in [0.25, 0.3) is 11.8 Å². The lowest BCUT2D eigenvalue weighted by Gasteiger charge is -2.50. The number of amides is 4. The number of rotatable bonds is 5. The van der Waals surface area contributed by atoms with E-state index in [1.807, 2.05) is 0 Å². The first-order valence-corrected chi connectivity index (χ1v) is 14.5. The zero-order valence-corrected chi connectivity index (χ0v) is 24.5. The van der Waals surface area contributed by atoms with Crippen LogP contribution in [0.5, 0.6) is 17.2 Å². The van der Waals surface area contributed by atoms with E-state index >= 15 is 0 Å². The van der Waals surface area contributed by atoms with E-state index in [1.165, 1.54) is 19.2 Å². The molecule has 2 saturated heterocycles. The van der Waals surface area contributed by atoms with Crippen molar-refractivity contribution in [1.29, 1.82) is 0 Å². The number of allylic oxidation sites excluding steroid dienone is 2. The maximum atomic E-state index is 13.9. The predicted molar refractivity (Wildman–Crippen MR) is 149 cm³/mol. The summed E-state index contributed by atoms with van der Waals surface area (Å²) in [4.78, 5) is 52.0. The van der Waals surface area contributed by atoms with Gasteiger partial charge in [-0.15, -0.1) is 36.4 Å². The molecular weight excluding hydrogens is 628 g/mol. The van der Waals surface area contributed by atoms with E-state index in [0.29, 0.717) is 12.0 Å². The minimum absolute atomic E-state index is 0.0458. The van der Waals surface area contributed by atoms with Crippen LogP contribution in [0.25, 0.3) is 0 Å². The average Bonchev–Trinajstić information content (AvgIpc) is 3.27. The lowest BCUT2D eigenvalue weighted by Crippen LogP contribution is -2.60. The molecule has 9 nitrogen and oxygen atoms in total. The molecule has 0 radical (unpaired) electrons. The van der Waals surface area contributed by atoms with Gasteiger partial charge < -0.3 is 14.9 Å². The van der Waals surface area contributed by atoms with Crippen molar-refractivity contribution in [2.24, 2.45) is 17.8 Å². The maximum absolute atomic E-state index is 13.9. The van der Waals surface area contributed by atoms with Gasteiger partial charge in [-0.3, -0.25) is 29.0 Å². The summed E-state index contributed by atoms with van der Waals surface area (Å²) in [6, 6.07) is 9.01. The van der Waals surface area contributed by atoms with Gasteiger partial charge in [0, 0.05) is 25.1 Å². The third-order valence-corrected chi connectivity index (χ3v) is 10.6. The number of fused-ring (bicyclic) bond motifs is 4. The van der Waals surface area contributed by atoms with E-state index in [-0.39, 0.29) is 30.7 Å². The molecule has 2 aromatic carbocycles. The monoisotopic (exact) mass is 652 g/mol. The second kappa shape index (κ2) is 10.1. The Kier molecular flexibility index (Phi) is 6.97. The molecule has 2 N–H and O–H groups in total. The standard InChI is InChI=1S/C30H25Cl2F3N2O7/c1-36-26(42)28(31)13-20-17(23(29(28,32)27(36)43)19-12-16(6-9-21(19)39)44-30(33,34)35)7-8-18-22(20)25(41)37(24(18)40)11-10-14-2-4-15(38)5-3-14/h2-7,9,12,18,20,22-23,38-39H,8,10-11,13H2,1H3. The summed E-state index contributed by atoms with van der Waals surface area (Å²) in [7, 11) is 1.17. The van der Waals surface area contributed by atoms with Crippen LogP contribution in [0.15, 0.2) is 54.1 Å². The molecule has 0 spiro atoms. The number of aromatic hydroxyl groups is 2. The number of carbonyl (C=O) groups is 4. The number of nitrogens with zero attached hydrogens (tertiary/aromatic N) is 2. The van der Waals surface area contributed by atoms with Gasteiger partial charge in [-0.1, -0.05) is 23.8 Å². The molecule has 44 heavy (non-hydrogen) atoms. The van der Waals surface area contributed by atoms with Crippen molar-refractivity contribution in [1.82, 2.24) is 9.80 Å². The molecule has 2 aliphatic heterocycles. The number of likely N-dealkylation sites (tertiary alicyclic amines) is 2. The van der Waals surface area contributed by atoms with E-state index in [1.54, 1.807) is 18.2 Å². The zero-order chi connectivity index (χ0) is 31.9.